The summed E-state index contributed by atoms with van der Waals surface area (Å²) in [4.78, 5) is 12.2. The number of aliphatic hydroxyl groups is 1. The highest BCUT2D eigenvalue weighted by Gasteiger charge is 2.32. The number of carbonyl (C=O) groups is 1. The molecule has 11 heteroatoms. The number of aliphatic hydroxyl groups excluding tert-OH is 1. The first-order valence-corrected chi connectivity index (χ1v) is 11.5. The van der Waals surface area contributed by atoms with Crippen LogP contribution in [-0.4, -0.2) is 51.4 Å². The zero-order valence-corrected chi connectivity index (χ0v) is 18.5. The van der Waals surface area contributed by atoms with Crippen molar-refractivity contribution < 1.29 is 36.6 Å². The normalized spacial score (nSPS) is 20.4. The van der Waals surface area contributed by atoms with Gasteiger partial charge in [-0.25, -0.2) is 21.9 Å². The van der Waals surface area contributed by atoms with Crippen molar-refractivity contribution in [1.29, 1.82) is 0 Å². The molecule has 3 rings (SSSR count). The van der Waals surface area contributed by atoms with Crippen LogP contribution < -0.4 is 14.8 Å². The lowest BCUT2D eigenvalue weighted by atomic mass is 10.1. The van der Waals surface area contributed by atoms with Gasteiger partial charge in [-0.1, -0.05) is 24.3 Å². The Hall–Kier alpha value is -2.86. The Morgan fingerprint density at radius 1 is 1.15 bits per heavy atom. The van der Waals surface area contributed by atoms with Crippen LogP contribution in [0.2, 0.25) is 0 Å². The molecule has 0 saturated heterocycles. The summed E-state index contributed by atoms with van der Waals surface area (Å²) in [6.07, 6.45) is 1.24. The first-order valence-electron chi connectivity index (χ1n) is 10.0. The van der Waals surface area contributed by atoms with Gasteiger partial charge in [0.15, 0.2) is 0 Å². The number of rotatable bonds is 9. The highest BCUT2D eigenvalue weighted by molar-refractivity contribution is 7.89. The average molecular weight is 483 g/mol. The topological polar surface area (TPSA) is 114 Å². The van der Waals surface area contributed by atoms with Crippen molar-refractivity contribution in [3.63, 3.8) is 0 Å². The Labute approximate surface area is 190 Å². The van der Waals surface area contributed by atoms with Gasteiger partial charge in [0.2, 0.25) is 15.9 Å². The maximum Gasteiger partial charge on any atom is 0.244 e. The molecule has 0 bridgehead atoms. The second-order valence-electron chi connectivity index (χ2n) is 7.34. The summed E-state index contributed by atoms with van der Waals surface area (Å²) < 4.78 is 65.3. The molecule has 33 heavy (non-hydrogen) atoms. The van der Waals surface area contributed by atoms with Gasteiger partial charge in [0.1, 0.15) is 28.4 Å². The van der Waals surface area contributed by atoms with E-state index in [0.717, 1.165) is 18.2 Å². The minimum atomic E-state index is -3.99. The van der Waals surface area contributed by atoms with Crippen LogP contribution in [0.1, 0.15) is 12.0 Å². The standard InChI is InChI=1S/C22H24F2N2O6S/c1-31-19-4-2-3-5-21(19)33(29,30)26-18-7-6-17(32-20(18)13-27)11-22(28)25-12-14-8-15(23)10-16(24)9-14/h2-10,17-18,20,26-27H,11-13H2,1H3,(H,25,28)/t17-,18+,20-/m1/s1. The monoisotopic (exact) mass is 482 g/mol. The van der Waals surface area contributed by atoms with Gasteiger partial charge in [0, 0.05) is 12.6 Å². The molecule has 1 amide bonds. The number of sulfonamides is 1. The Kier molecular flexibility index (Phi) is 8.14. The molecular formula is C22H24F2N2O6S. The van der Waals surface area contributed by atoms with Crippen molar-refractivity contribution in [2.75, 3.05) is 13.7 Å². The molecule has 0 aliphatic carbocycles. The van der Waals surface area contributed by atoms with Gasteiger partial charge in [0.25, 0.3) is 0 Å². The molecule has 178 valence electrons. The van der Waals surface area contributed by atoms with E-state index >= 15 is 0 Å². The maximum absolute atomic E-state index is 13.3. The number of methoxy groups -OCH3 is 1. The van der Waals surface area contributed by atoms with E-state index in [-0.39, 0.29) is 29.2 Å². The highest BCUT2D eigenvalue weighted by Crippen LogP contribution is 2.24. The lowest BCUT2D eigenvalue weighted by molar-refractivity contribution is -0.125. The van der Waals surface area contributed by atoms with Crippen molar-refractivity contribution in [2.45, 2.75) is 36.1 Å². The van der Waals surface area contributed by atoms with Gasteiger partial charge in [-0.3, -0.25) is 4.79 Å². The lowest BCUT2D eigenvalue weighted by Crippen LogP contribution is -2.49. The number of hydrogen-bond donors (Lipinski definition) is 3. The van der Waals surface area contributed by atoms with Crippen LogP contribution in [-0.2, 0) is 26.1 Å². The average Bonchev–Trinajstić information content (AvgIpc) is 2.78. The largest absolute Gasteiger partial charge is 0.495 e. The van der Waals surface area contributed by atoms with E-state index in [9.17, 15) is 27.1 Å². The minimum absolute atomic E-state index is 0.0622. The summed E-state index contributed by atoms with van der Waals surface area (Å²) in [5.74, 6) is -1.77. The fourth-order valence-electron chi connectivity index (χ4n) is 3.36. The number of hydrogen-bond acceptors (Lipinski definition) is 6. The number of carbonyl (C=O) groups excluding carboxylic acids is 1. The molecule has 0 aromatic heterocycles. The van der Waals surface area contributed by atoms with Crippen LogP contribution in [0.3, 0.4) is 0 Å². The first kappa shape index (κ1) is 24.8. The molecule has 0 fully saturated rings. The maximum atomic E-state index is 13.3. The molecule has 8 nitrogen and oxygen atoms in total. The summed E-state index contributed by atoms with van der Waals surface area (Å²) >= 11 is 0. The lowest BCUT2D eigenvalue weighted by Gasteiger charge is -2.31. The minimum Gasteiger partial charge on any atom is -0.495 e. The zero-order chi connectivity index (χ0) is 24.0. The van der Waals surface area contributed by atoms with Crippen molar-refractivity contribution >= 4 is 15.9 Å². The van der Waals surface area contributed by atoms with Crippen molar-refractivity contribution in [2.24, 2.45) is 0 Å². The van der Waals surface area contributed by atoms with Crippen LogP contribution >= 0.6 is 0 Å². The second kappa shape index (κ2) is 10.8. The summed E-state index contributed by atoms with van der Waals surface area (Å²) in [5, 5.41) is 12.2. The van der Waals surface area contributed by atoms with Crippen LogP contribution in [0.25, 0.3) is 0 Å². The van der Waals surface area contributed by atoms with Crippen LogP contribution in [0.5, 0.6) is 5.75 Å². The molecule has 2 aromatic rings. The third-order valence-electron chi connectivity index (χ3n) is 4.91. The van der Waals surface area contributed by atoms with E-state index < -0.39 is 52.4 Å². The zero-order valence-electron chi connectivity index (χ0n) is 17.7. The number of halogens is 2. The molecule has 3 N–H and O–H groups in total. The van der Waals surface area contributed by atoms with Gasteiger partial charge in [-0.2, -0.15) is 0 Å². The Morgan fingerprint density at radius 2 is 1.85 bits per heavy atom. The molecule has 2 aromatic carbocycles. The Morgan fingerprint density at radius 3 is 2.52 bits per heavy atom. The van der Waals surface area contributed by atoms with Crippen LogP contribution in [0.4, 0.5) is 8.78 Å². The number of para-hydroxylation sites is 1. The molecule has 1 aliphatic rings. The fourth-order valence-corrected chi connectivity index (χ4v) is 4.75. The Bertz CT molecular complexity index is 1110. The second-order valence-corrected chi connectivity index (χ2v) is 9.02. The third kappa shape index (κ3) is 6.57. The van der Waals surface area contributed by atoms with E-state index in [1.807, 2.05) is 0 Å². The predicted octanol–water partition coefficient (Wildman–Crippen LogP) is 1.64. The molecule has 0 unspecified atom stereocenters. The van der Waals surface area contributed by atoms with Crippen LogP contribution in [0, 0.1) is 11.6 Å². The molecule has 0 saturated carbocycles. The van der Waals surface area contributed by atoms with E-state index in [1.54, 1.807) is 12.1 Å². The SMILES string of the molecule is COc1ccccc1S(=O)(=O)N[C@H]1C=C[C@H](CC(=O)NCc2cc(F)cc(F)c2)O[C@@H]1CO. The molecular weight excluding hydrogens is 458 g/mol. The first-order chi connectivity index (χ1) is 15.7. The predicted molar refractivity (Wildman–Crippen MR) is 115 cm³/mol. The molecule has 0 spiro atoms. The van der Waals surface area contributed by atoms with Crippen LogP contribution in [0.15, 0.2) is 59.5 Å². The summed E-state index contributed by atoms with van der Waals surface area (Å²) in [6, 6.07) is 8.18. The third-order valence-corrected chi connectivity index (χ3v) is 6.41. The molecule has 1 heterocycles. The summed E-state index contributed by atoms with van der Waals surface area (Å²) in [7, 11) is -2.63. The fraction of sp³-hybridized carbons (Fsp3) is 0.318. The summed E-state index contributed by atoms with van der Waals surface area (Å²) in [5.41, 5.74) is 0.264. The molecule has 1 aliphatic heterocycles. The smallest absolute Gasteiger partial charge is 0.244 e. The molecule has 0 radical (unpaired) electrons. The van der Waals surface area contributed by atoms with E-state index in [1.165, 1.54) is 31.4 Å². The highest BCUT2D eigenvalue weighted by atomic mass is 32.2. The van der Waals surface area contributed by atoms with Gasteiger partial charge < -0.3 is 19.9 Å². The number of nitrogens with one attached hydrogen (secondary N) is 2. The Balaban J connectivity index is 1.61. The van der Waals surface area contributed by atoms with Crippen molar-refractivity contribution in [3.05, 3.63) is 71.8 Å². The van der Waals surface area contributed by atoms with E-state index in [0.29, 0.717) is 0 Å². The van der Waals surface area contributed by atoms with Gasteiger partial charge in [-0.15, -0.1) is 0 Å². The number of ether oxygens (including phenoxy) is 2. The van der Waals surface area contributed by atoms with Gasteiger partial charge in [0.05, 0.1) is 32.3 Å². The number of benzene rings is 2. The molecule has 3 atom stereocenters. The van der Waals surface area contributed by atoms with Crippen molar-refractivity contribution in [1.82, 2.24) is 10.0 Å². The van der Waals surface area contributed by atoms with Crippen molar-refractivity contribution in [3.8, 4) is 5.75 Å². The van der Waals surface area contributed by atoms with E-state index in [4.69, 9.17) is 9.47 Å². The number of amides is 1. The van der Waals surface area contributed by atoms with Gasteiger partial charge >= 0.3 is 0 Å². The quantitative estimate of drug-likeness (QED) is 0.469. The summed E-state index contributed by atoms with van der Waals surface area (Å²) in [6.45, 7) is -0.571. The van der Waals surface area contributed by atoms with Gasteiger partial charge in [-0.05, 0) is 29.8 Å². The van der Waals surface area contributed by atoms with E-state index in [2.05, 4.69) is 10.0 Å².